The number of carbonyl (C=O) groups is 1. The Morgan fingerprint density at radius 2 is 2.06 bits per heavy atom. The molecule has 0 spiro atoms. The Labute approximate surface area is 106 Å². The maximum absolute atomic E-state index is 12.7. The minimum absolute atomic E-state index is 0.0955. The first-order valence-electron chi connectivity index (χ1n) is 5.88. The molecule has 0 aromatic heterocycles. The van der Waals surface area contributed by atoms with Gasteiger partial charge in [0.2, 0.25) is 5.91 Å². The summed E-state index contributed by atoms with van der Waals surface area (Å²) in [5, 5.41) is 0. The molecule has 18 heavy (non-hydrogen) atoms. The Morgan fingerprint density at radius 1 is 1.39 bits per heavy atom. The Balaban J connectivity index is 2.05. The van der Waals surface area contributed by atoms with Gasteiger partial charge in [0.05, 0.1) is 6.61 Å². The van der Waals surface area contributed by atoms with Crippen molar-refractivity contribution >= 4 is 12.0 Å². The fourth-order valence-corrected chi connectivity index (χ4v) is 1.94. The molecule has 1 fully saturated rings. The van der Waals surface area contributed by atoms with Crippen LogP contribution >= 0.6 is 0 Å². The SMILES string of the molecule is CC1(C)OCCN1C(=O)/C=C/c1ccc(F)cc1. The van der Waals surface area contributed by atoms with Crippen LogP contribution in [-0.4, -0.2) is 29.7 Å². The third kappa shape index (κ3) is 2.76. The molecule has 3 nitrogen and oxygen atoms in total. The van der Waals surface area contributed by atoms with E-state index in [1.165, 1.54) is 18.2 Å². The maximum Gasteiger partial charge on any atom is 0.248 e. The molecule has 0 radical (unpaired) electrons. The van der Waals surface area contributed by atoms with Gasteiger partial charge in [0.1, 0.15) is 11.5 Å². The van der Waals surface area contributed by atoms with Crippen molar-refractivity contribution < 1.29 is 13.9 Å². The van der Waals surface area contributed by atoms with E-state index in [9.17, 15) is 9.18 Å². The van der Waals surface area contributed by atoms with Crippen LogP contribution in [0.3, 0.4) is 0 Å². The molecule has 0 N–H and O–H groups in total. The highest BCUT2D eigenvalue weighted by molar-refractivity contribution is 5.92. The Kier molecular flexibility index (Phi) is 3.48. The molecule has 96 valence electrons. The number of nitrogens with zero attached hydrogens (tertiary/aromatic N) is 1. The predicted molar refractivity (Wildman–Crippen MR) is 67.2 cm³/mol. The summed E-state index contributed by atoms with van der Waals surface area (Å²) >= 11 is 0. The highest BCUT2D eigenvalue weighted by Gasteiger charge is 2.35. The van der Waals surface area contributed by atoms with Gasteiger partial charge in [0.15, 0.2) is 0 Å². The lowest BCUT2D eigenvalue weighted by Gasteiger charge is -2.28. The molecular weight excluding hydrogens is 233 g/mol. The lowest BCUT2D eigenvalue weighted by atomic mass is 10.2. The Morgan fingerprint density at radius 3 is 2.61 bits per heavy atom. The molecule has 1 aromatic rings. The highest BCUT2D eigenvalue weighted by Crippen LogP contribution is 2.22. The van der Waals surface area contributed by atoms with Crippen LogP contribution in [-0.2, 0) is 9.53 Å². The molecule has 4 heteroatoms. The van der Waals surface area contributed by atoms with E-state index in [2.05, 4.69) is 0 Å². The zero-order chi connectivity index (χ0) is 13.2. The van der Waals surface area contributed by atoms with Gasteiger partial charge in [-0.1, -0.05) is 12.1 Å². The van der Waals surface area contributed by atoms with E-state index < -0.39 is 5.72 Å². The highest BCUT2D eigenvalue weighted by atomic mass is 19.1. The number of halogens is 1. The normalized spacial score (nSPS) is 18.5. The van der Waals surface area contributed by atoms with E-state index in [-0.39, 0.29) is 11.7 Å². The first-order chi connectivity index (χ1) is 8.49. The number of benzene rings is 1. The molecule has 1 aliphatic heterocycles. The first kappa shape index (κ1) is 12.8. The molecule has 0 atom stereocenters. The van der Waals surface area contributed by atoms with Crippen molar-refractivity contribution in [2.24, 2.45) is 0 Å². The molecule has 1 saturated heterocycles. The number of hydrogen-bond donors (Lipinski definition) is 0. The van der Waals surface area contributed by atoms with E-state index in [1.807, 2.05) is 13.8 Å². The van der Waals surface area contributed by atoms with Crippen molar-refractivity contribution in [1.29, 1.82) is 0 Å². The number of hydrogen-bond acceptors (Lipinski definition) is 2. The summed E-state index contributed by atoms with van der Waals surface area (Å²) in [5.74, 6) is -0.380. The Bertz CT molecular complexity index is 465. The molecule has 0 unspecified atom stereocenters. The smallest absolute Gasteiger partial charge is 0.248 e. The quantitative estimate of drug-likeness (QED) is 0.753. The van der Waals surface area contributed by atoms with Gasteiger partial charge < -0.3 is 9.64 Å². The number of carbonyl (C=O) groups excluding carboxylic acids is 1. The van der Waals surface area contributed by atoms with Gasteiger partial charge >= 0.3 is 0 Å². The predicted octanol–water partition coefficient (Wildman–Crippen LogP) is 2.43. The van der Waals surface area contributed by atoms with Crippen LogP contribution in [0, 0.1) is 5.82 Å². The van der Waals surface area contributed by atoms with Crippen LogP contribution in [0.2, 0.25) is 0 Å². The van der Waals surface area contributed by atoms with Gasteiger partial charge in [-0.3, -0.25) is 4.79 Å². The molecule has 1 aromatic carbocycles. The summed E-state index contributed by atoms with van der Waals surface area (Å²) in [6.07, 6.45) is 3.17. The molecular formula is C14H16FNO2. The second kappa shape index (κ2) is 4.90. The molecule has 1 amide bonds. The van der Waals surface area contributed by atoms with E-state index in [1.54, 1.807) is 23.1 Å². The molecule has 1 aliphatic rings. The average molecular weight is 249 g/mol. The van der Waals surface area contributed by atoms with E-state index in [4.69, 9.17) is 4.74 Å². The monoisotopic (exact) mass is 249 g/mol. The second-order valence-electron chi connectivity index (χ2n) is 4.67. The zero-order valence-corrected chi connectivity index (χ0v) is 10.5. The summed E-state index contributed by atoms with van der Waals surface area (Å²) in [4.78, 5) is 13.7. The van der Waals surface area contributed by atoms with Crippen LogP contribution in [0.1, 0.15) is 19.4 Å². The molecule has 2 rings (SSSR count). The zero-order valence-electron chi connectivity index (χ0n) is 10.5. The van der Waals surface area contributed by atoms with Crippen LogP contribution in [0.15, 0.2) is 30.3 Å². The number of amides is 1. The second-order valence-corrected chi connectivity index (χ2v) is 4.67. The lowest BCUT2D eigenvalue weighted by Crippen LogP contribution is -2.42. The fraction of sp³-hybridized carbons (Fsp3) is 0.357. The van der Waals surface area contributed by atoms with Gasteiger partial charge in [-0.05, 0) is 37.6 Å². The van der Waals surface area contributed by atoms with Crippen molar-refractivity contribution in [3.8, 4) is 0 Å². The molecule has 1 heterocycles. The van der Waals surface area contributed by atoms with Crippen molar-refractivity contribution in [3.05, 3.63) is 41.7 Å². The van der Waals surface area contributed by atoms with Crippen LogP contribution in [0.4, 0.5) is 4.39 Å². The van der Waals surface area contributed by atoms with Crippen LogP contribution < -0.4 is 0 Å². The van der Waals surface area contributed by atoms with Crippen molar-refractivity contribution in [2.45, 2.75) is 19.6 Å². The standard InChI is InChI=1S/C14H16FNO2/c1-14(2)16(9-10-18-14)13(17)8-5-11-3-6-12(15)7-4-11/h3-8H,9-10H2,1-2H3/b8-5+. The van der Waals surface area contributed by atoms with Gasteiger partial charge in [0, 0.05) is 12.6 Å². The molecule has 0 saturated carbocycles. The summed E-state index contributed by atoms with van der Waals surface area (Å²) in [6, 6.07) is 6.00. The Hall–Kier alpha value is -1.68. The summed E-state index contributed by atoms with van der Waals surface area (Å²) in [6.45, 7) is 4.88. The van der Waals surface area contributed by atoms with Gasteiger partial charge in [-0.25, -0.2) is 4.39 Å². The van der Waals surface area contributed by atoms with Gasteiger partial charge in [-0.2, -0.15) is 0 Å². The average Bonchev–Trinajstić information content (AvgIpc) is 2.68. The van der Waals surface area contributed by atoms with Crippen molar-refractivity contribution in [3.63, 3.8) is 0 Å². The first-order valence-corrected chi connectivity index (χ1v) is 5.88. The van der Waals surface area contributed by atoms with Crippen molar-refractivity contribution in [2.75, 3.05) is 13.2 Å². The van der Waals surface area contributed by atoms with E-state index >= 15 is 0 Å². The third-order valence-corrected chi connectivity index (χ3v) is 2.97. The molecule has 0 aliphatic carbocycles. The number of rotatable bonds is 2. The lowest BCUT2D eigenvalue weighted by molar-refractivity contribution is -0.138. The summed E-state index contributed by atoms with van der Waals surface area (Å²) in [5.41, 5.74) is 0.243. The van der Waals surface area contributed by atoms with Crippen LogP contribution in [0.5, 0.6) is 0 Å². The van der Waals surface area contributed by atoms with E-state index in [0.29, 0.717) is 13.2 Å². The largest absolute Gasteiger partial charge is 0.354 e. The third-order valence-electron chi connectivity index (χ3n) is 2.97. The minimum atomic E-state index is -0.551. The van der Waals surface area contributed by atoms with Crippen LogP contribution in [0.25, 0.3) is 6.08 Å². The minimum Gasteiger partial charge on any atom is -0.354 e. The van der Waals surface area contributed by atoms with Gasteiger partial charge in [0.25, 0.3) is 0 Å². The fourth-order valence-electron chi connectivity index (χ4n) is 1.94. The summed E-state index contributed by atoms with van der Waals surface area (Å²) in [7, 11) is 0. The van der Waals surface area contributed by atoms with Gasteiger partial charge in [-0.15, -0.1) is 0 Å². The molecule has 0 bridgehead atoms. The number of ether oxygens (including phenoxy) is 1. The topological polar surface area (TPSA) is 29.5 Å². The maximum atomic E-state index is 12.7. The summed E-state index contributed by atoms with van der Waals surface area (Å²) < 4.78 is 18.2. The van der Waals surface area contributed by atoms with E-state index in [0.717, 1.165) is 5.56 Å². The van der Waals surface area contributed by atoms with Crippen molar-refractivity contribution in [1.82, 2.24) is 4.90 Å².